The van der Waals surface area contributed by atoms with Gasteiger partial charge in [0.15, 0.2) is 15.3 Å². The van der Waals surface area contributed by atoms with Crippen molar-refractivity contribution in [1.82, 2.24) is 9.21 Å². The number of sulfonamides is 1. The second kappa shape index (κ2) is 8.36. The maximum Gasteiger partial charge on any atom is 0.241 e. The average molecular weight is 408 g/mol. The molecule has 0 aromatic heterocycles. The van der Waals surface area contributed by atoms with Crippen LogP contribution >= 0.6 is 0 Å². The smallest absolute Gasteiger partial charge is 0.241 e. The minimum Gasteiger partial charge on any atom is -0.593 e. The van der Waals surface area contributed by atoms with Crippen LogP contribution in [0.15, 0.2) is 53.4 Å². The highest BCUT2D eigenvalue weighted by molar-refractivity contribution is 7.95. The molecule has 2 atom stereocenters. The van der Waals surface area contributed by atoms with Gasteiger partial charge in [-0.15, -0.1) is 4.31 Å². The number of methoxy groups -OCH3 is 1. The van der Waals surface area contributed by atoms with Crippen molar-refractivity contribution in [3.05, 3.63) is 59.9 Å². The van der Waals surface area contributed by atoms with Crippen molar-refractivity contribution in [3.63, 3.8) is 0 Å². The van der Waals surface area contributed by atoms with Crippen LogP contribution in [0.1, 0.15) is 5.56 Å². The summed E-state index contributed by atoms with van der Waals surface area (Å²) < 4.78 is 44.7. The molecule has 0 saturated carbocycles. The number of benzene rings is 2. The van der Waals surface area contributed by atoms with E-state index >= 15 is 0 Å². The van der Waals surface area contributed by atoms with Gasteiger partial charge in [-0.3, -0.25) is 4.79 Å². The molecule has 2 aromatic rings. The van der Waals surface area contributed by atoms with Gasteiger partial charge in [0.25, 0.3) is 0 Å². The van der Waals surface area contributed by atoms with Crippen LogP contribution in [-0.2, 0) is 25.9 Å². The molecule has 1 heterocycles. The number of hydrogen-bond donors (Lipinski definition) is 1. The maximum absolute atomic E-state index is 13.1. The average Bonchev–Trinajstić information content (AvgIpc) is 2.81. The van der Waals surface area contributed by atoms with E-state index in [0.717, 1.165) is 34.1 Å². The van der Waals surface area contributed by atoms with Crippen molar-refractivity contribution in [2.75, 3.05) is 26.7 Å². The van der Waals surface area contributed by atoms with Gasteiger partial charge in [0, 0.05) is 13.1 Å². The summed E-state index contributed by atoms with van der Waals surface area (Å²) in [5.41, 5.74) is 0.830. The summed E-state index contributed by atoms with van der Waals surface area (Å²) in [7, 11) is -2.48. The van der Waals surface area contributed by atoms with Gasteiger partial charge in [0.05, 0.1) is 19.8 Å². The van der Waals surface area contributed by atoms with E-state index in [1.807, 2.05) is 0 Å². The van der Waals surface area contributed by atoms with E-state index in [2.05, 4.69) is 0 Å². The van der Waals surface area contributed by atoms with Crippen LogP contribution in [0, 0.1) is 5.82 Å². The lowest BCUT2D eigenvalue weighted by Gasteiger charge is -2.26. The molecule has 1 fully saturated rings. The number of nitrogens with zero attached hydrogens (tertiary/aromatic N) is 2. The first-order chi connectivity index (χ1) is 13.3. The van der Waals surface area contributed by atoms with Crippen molar-refractivity contribution in [1.29, 1.82) is 0 Å². The Balaban J connectivity index is 1.77. The molecular weight excluding hydrogens is 387 g/mol. The predicted molar refractivity (Wildman–Crippen MR) is 99.5 cm³/mol. The summed E-state index contributed by atoms with van der Waals surface area (Å²) in [5.74, 6) is -0.294. The first-order valence-electron chi connectivity index (χ1n) is 8.64. The van der Waals surface area contributed by atoms with Crippen molar-refractivity contribution < 1.29 is 27.8 Å². The molecule has 1 aliphatic rings. The second-order valence-corrected chi connectivity index (χ2v) is 8.47. The number of aliphatic hydroxyl groups excluding tert-OH is 1. The number of aliphatic hydroxyl groups is 1. The highest BCUT2D eigenvalue weighted by atomic mass is 32.3. The molecule has 0 spiro atoms. The normalized spacial score (nSPS) is 20.5. The third-order valence-corrected chi connectivity index (χ3v) is 6.32. The fourth-order valence-corrected chi connectivity index (χ4v) is 4.43. The van der Waals surface area contributed by atoms with E-state index in [1.54, 1.807) is 31.4 Å². The number of rotatable bonds is 5. The van der Waals surface area contributed by atoms with Crippen LogP contribution in [0.4, 0.5) is 4.39 Å². The Bertz CT molecular complexity index is 875. The largest absolute Gasteiger partial charge is 0.593 e. The third-order valence-electron chi connectivity index (χ3n) is 4.49. The first kappa shape index (κ1) is 20.4. The monoisotopic (exact) mass is 408 g/mol. The van der Waals surface area contributed by atoms with E-state index in [0.29, 0.717) is 5.75 Å². The van der Waals surface area contributed by atoms with Crippen LogP contribution < -0.4 is 4.74 Å². The Morgan fingerprint density at radius 3 is 2.43 bits per heavy atom. The molecule has 7 nitrogen and oxygen atoms in total. The van der Waals surface area contributed by atoms with E-state index < -0.39 is 34.8 Å². The first-order valence-corrected chi connectivity index (χ1v) is 10.1. The Hall–Kier alpha value is -2.33. The molecule has 28 heavy (non-hydrogen) atoms. The molecule has 150 valence electrons. The lowest BCUT2D eigenvalue weighted by atomic mass is 10.2. The molecule has 1 saturated heterocycles. The fourth-order valence-electron chi connectivity index (χ4n) is 3.01. The number of carbonyl (C=O) groups excluding carboxylic acids is 1. The summed E-state index contributed by atoms with van der Waals surface area (Å²) in [6, 6.07) is 11.5. The van der Waals surface area contributed by atoms with Gasteiger partial charge in [0.1, 0.15) is 18.1 Å². The van der Waals surface area contributed by atoms with Crippen LogP contribution in [-0.4, -0.2) is 57.6 Å². The minimum atomic E-state index is -4.03. The van der Waals surface area contributed by atoms with Gasteiger partial charge < -0.3 is 19.3 Å². The highest BCUT2D eigenvalue weighted by Crippen LogP contribution is 2.24. The van der Waals surface area contributed by atoms with Crippen LogP contribution in [0.25, 0.3) is 0 Å². The number of halogens is 1. The Kier molecular flexibility index (Phi) is 6.09. The summed E-state index contributed by atoms with van der Waals surface area (Å²) in [5, 5.41) is 10.3. The molecule has 3 rings (SSSR count). The lowest BCUT2D eigenvalue weighted by Crippen LogP contribution is -2.42. The molecule has 0 radical (unpaired) electrons. The zero-order valence-corrected chi connectivity index (χ0v) is 16.1. The molecule has 2 aromatic carbocycles. The third kappa shape index (κ3) is 4.56. The number of ether oxygens (including phenoxy) is 1. The van der Waals surface area contributed by atoms with Crippen molar-refractivity contribution in [2.24, 2.45) is 0 Å². The van der Waals surface area contributed by atoms with E-state index in [-0.39, 0.29) is 24.5 Å². The zero-order valence-electron chi connectivity index (χ0n) is 15.3. The van der Waals surface area contributed by atoms with Crippen molar-refractivity contribution in [2.45, 2.75) is 17.5 Å². The molecule has 2 unspecified atom stereocenters. The summed E-state index contributed by atoms with van der Waals surface area (Å²) >= 11 is 0. The zero-order chi connectivity index (χ0) is 20.3. The quantitative estimate of drug-likeness (QED) is 0.756. The number of carbonyl (C=O) groups is 1. The van der Waals surface area contributed by atoms with Crippen LogP contribution in [0.3, 0.4) is 0 Å². The summed E-state index contributed by atoms with van der Waals surface area (Å²) in [4.78, 5) is 13.9. The molecule has 1 amide bonds. The topological polar surface area (TPSA) is 93.1 Å². The Morgan fingerprint density at radius 1 is 1.18 bits per heavy atom. The standard InChI is InChI=1S/C19H21FN2O5S/c1-27-17-6-2-14(3-7-17)10-21-11-16(23)12-22(13-19(21)24)28(25,26)18-8-4-15(20)5-9-18/h2-9,16,23H,10-13H2,1H3. The molecule has 1 N–H and O–H groups in total. The van der Waals surface area contributed by atoms with Crippen LogP contribution in [0.2, 0.25) is 0 Å². The van der Waals surface area contributed by atoms with Crippen LogP contribution in [0.5, 0.6) is 5.75 Å². The van der Waals surface area contributed by atoms with Crippen molar-refractivity contribution in [3.8, 4) is 5.75 Å². The van der Waals surface area contributed by atoms with Gasteiger partial charge in [0.2, 0.25) is 5.91 Å². The number of hydrogen-bond acceptors (Lipinski definition) is 5. The van der Waals surface area contributed by atoms with Crippen molar-refractivity contribution >= 4 is 16.3 Å². The van der Waals surface area contributed by atoms with E-state index in [4.69, 9.17) is 4.74 Å². The molecule has 0 aliphatic carbocycles. The Labute approximate surface area is 163 Å². The molecular formula is C19H21FN2O5S. The van der Waals surface area contributed by atoms with Gasteiger partial charge in [-0.2, -0.15) is 0 Å². The lowest BCUT2D eigenvalue weighted by molar-refractivity contribution is -0.131. The van der Waals surface area contributed by atoms with Gasteiger partial charge in [-0.25, -0.2) is 4.39 Å². The summed E-state index contributed by atoms with van der Waals surface area (Å²) in [6.45, 7) is -0.359. The van der Waals surface area contributed by atoms with E-state index in [1.165, 1.54) is 4.90 Å². The SMILES string of the molecule is COc1ccc(CN2CC(O)CN([S+](=O)([O-])c3ccc(F)cc3)CC2=O)cc1. The molecule has 0 bridgehead atoms. The summed E-state index contributed by atoms with van der Waals surface area (Å²) in [6.07, 6.45) is -1.04. The highest BCUT2D eigenvalue weighted by Gasteiger charge is 2.38. The van der Waals surface area contributed by atoms with E-state index in [9.17, 15) is 23.1 Å². The number of amides is 1. The Morgan fingerprint density at radius 2 is 1.82 bits per heavy atom. The number of β-amino-alcohol motifs (C(OH)–C–C–N with tert-alkyl or cyclic N) is 1. The van der Waals surface area contributed by atoms with Gasteiger partial charge >= 0.3 is 0 Å². The molecule has 1 aliphatic heterocycles. The van der Waals surface area contributed by atoms with Gasteiger partial charge in [-0.1, -0.05) is 16.3 Å². The maximum atomic E-state index is 13.1. The van der Waals surface area contributed by atoms with Gasteiger partial charge in [-0.05, 0) is 42.0 Å². The fraction of sp³-hybridized carbons (Fsp3) is 0.316. The minimum absolute atomic E-state index is 0.0142. The predicted octanol–water partition coefficient (Wildman–Crippen LogP) is 1.44. The second-order valence-electron chi connectivity index (χ2n) is 6.53. The molecule has 9 heteroatoms.